The molecule has 2 N–H and O–H groups in total. The van der Waals surface area contributed by atoms with Crippen LogP contribution in [0.3, 0.4) is 0 Å². The van der Waals surface area contributed by atoms with Gasteiger partial charge in [0.1, 0.15) is 0 Å². The van der Waals surface area contributed by atoms with E-state index >= 15 is 0 Å². The fraction of sp³-hybridized carbons (Fsp3) is 0.421. The van der Waals surface area contributed by atoms with Crippen molar-refractivity contribution in [1.82, 2.24) is 20.2 Å². The molecule has 9 nitrogen and oxygen atoms in total. The van der Waals surface area contributed by atoms with Crippen molar-refractivity contribution in [3.63, 3.8) is 0 Å². The Kier molecular flexibility index (Phi) is 7.77. The molecule has 1 heterocycles. The van der Waals surface area contributed by atoms with Crippen molar-refractivity contribution in [2.75, 3.05) is 14.2 Å². The zero-order valence-corrected chi connectivity index (χ0v) is 17.6. The molecule has 0 spiro atoms. The van der Waals surface area contributed by atoms with E-state index in [9.17, 15) is 19.2 Å². The number of hydrogen-bond acceptors (Lipinski definition) is 7. The molecule has 1 aromatic carbocycles. The standard InChI is InChI=1S/C19H24N4O5S/c1-5-6-9-23-16(25)13-8-7-12(17(26)28-4)10-14(13)21-19(23)29-11(2)15(24)22-18(27)20-3/h7-8,10-11H,5-6,9H2,1-4H3,(H2,20,22,24,27)/t11-/m0/s1. The zero-order chi connectivity index (χ0) is 21.6. The van der Waals surface area contributed by atoms with Crippen molar-refractivity contribution in [3.8, 4) is 0 Å². The third-order valence-electron chi connectivity index (χ3n) is 4.19. The van der Waals surface area contributed by atoms with Crippen LogP contribution in [0.4, 0.5) is 4.79 Å². The molecule has 0 bridgehead atoms. The Labute approximate surface area is 172 Å². The normalized spacial score (nSPS) is 11.7. The number of nitrogens with one attached hydrogen (secondary N) is 2. The van der Waals surface area contributed by atoms with E-state index in [1.54, 1.807) is 13.0 Å². The number of hydrogen-bond donors (Lipinski definition) is 2. The molecule has 1 atom stereocenters. The number of carbonyl (C=O) groups excluding carboxylic acids is 3. The molecule has 0 aliphatic carbocycles. The number of imide groups is 1. The summed E-state index contributed by atoms with van der Waals surface area (Å²) in [5, 5.41) is 4.57. The first-order valence-corrected chi connectivity index (χ1v) is 10.0. The van der Waals surface area contributed by atoms with Crippen molar-refractivity contribution >= 4 is 40.6 Å². The Bertz CT molecular complexity index is 988. The molecule has 2 rings (SSSR count). The van der Waals surface area contributed by atoms with Crippen molar-refractivity contribution in [2.45, 2.75) is 43.6 Å². The summed E-state index contributed by atoms with van der Waals surface area (Å²) >= 11 is 1.07. The highest BCUT2D eigenvalue weighted by Crippen LogP contribution is 2.23. The first kappa shape index (κ1) is 22.4. The second-order valence-corrected chi connectivity index (χ2v) is 7.56. The quantitative estimate of drug-likeness (QED) is 0.399. The molecular formula is C19H24N4O5S. The van der Waals surface area contributed by atoms with E-state index in [-0.39, 0.29) is 11.1 Å². The third kappa shape index (κ3) is 5.35. The molecular weight excluding hydrogens is 396 g/mol. The highest BCUT2D eigenvalue weighted by molar-refractivity contribution is 8.00. The van der Waals surface area contributed by atoms with Crippen molar-refractivity contribution in [1.29, 1.82) is 0 Å². The largest absolute Gasteiger partial charge is 0.465 e. The fourth-order valence-corrected chi connectivity index (χ4v) is 3.47. The monoisotopic (exact) mass is 420 g/mol. The van der Waals surface area contributed by atoms with Crippen LogP contribution >= 0.6 is 11.8 Å². The van der Waals surface area contributed by atoms with Gasteiger partial charge in [-0.25, -0.2) is 14.6 Å². The van der Waals surface area contributed by atoms with Gasteiger partial charge in [0.2, 0.25) is 5.91 Å². The number of fused-ring (bicyclic) bond motifs is 1. The van der Waals surface area contributed by atoms with E-state index in [1.165, 1.54) is 30.9 Å². The van der Waals surface area contributed by atoms with Crippen LogP contribution in [-0.2, 0) is 16.1 Å². The van der Waals surface area contributed by atoms with Crippen LogP contribution < -0.4 is 16.2 Å². The number of thioether (sulfide) groups is 1. The molecule has 156 valence electrons. The number of benzene rings is 1. The van der Waals surface area contributed by atoms with Crippen LogP contribution in [0.25, 0.3) is 10.9 Å². The van der Waals surface area contributed by atoms with E-state index in [0.29, 0.717) is 22.6 Å². The fourth-order valence-electron chi connectivity index (χ4n) is 2.54. The van der Waals surface area contributed by atoms with E-state index in [4.69, 9.17) is 4.74 Å². The molecule has 0 unspecified atom stereocenters. The minimum absolute atomic E-state index is 0.249. The number of carbonyl (C=O) groups is 3. The van der Waals surface area contributed by atoms with Gasteiger partial charge in [-0.05, 0) is 31.5 Å². The number of methoxy groups -OCH3 is 1. The lowest BCUT2D eigenvalue weighted by Crippen LogP contribution is -2.41. The molecule has 0 aliphatic heterocycles. The molecule has 0 fully saturated rings. The topological polar surface area (TPSA) is 119 Å². The van der Waals surface area contributed by atoms with Gasteiger partial charge in [-0.2, -0.15) is 0 Å². The van der Waals surface area contributed by atoms with Crippen LogP contribution in [0.5, 0.6) is 0 Å². The summed E-state index contributed by atoms with van der Waals surface area (Å²) < 4.78 is 6.25. The van der Waals surface area contributed by atoms with Gasteiger partial charge in [-0.1, -0.05) is 25.1 Å². The molecule has 3 amide bonds. The Balaban J connectivity index is 2.48. The second kappa shape index (κ2) is 10.1. The van der Waals surface area contributed by atoms with Crippen LogP contribution in [0.15, 0.2) is 28.2 Å². The van der Waals surface area contributed by atoms with Crippen molar-refractivity contribution in [2.24, 2.45) is 0 Å². The maximum atomic E-state index is 13.0. The number of aromatic nitrogens is 2. The Hall–Kier alpha value is -2.88. The number of rotatable bonds is 7. The SMILES string of the molecule is CCCCn1c(S[C@@H](C)C(=O)NC(=O)NC)nc2cc(C(=O)OC)ccc2c1=O. The lowest BCUT2D eigenvalue weighted by atomic mass is 10.1. The molecule has 1 aromatic heterocycles. The summed E-state index contributed by atoms with van der Waals surface area (Å²) in [6.45, 7) is 4.08. The van der Waals surface area contributed by atoms with Gasteiger partial charge in [-0.3, -0.25) is 19.5 Å². The second-order valence-electron chi connectivity index (χ2n) is 6.26. The lowest BCUT2D eigenvalue weighted by Gasteiger charge is -2.16. The first-order chi connectivity index (χ1) is 13.8. The number of esters is 1. The molecule has 29 heavy (non-hydrogen) atoms. The average Bonchev–Trinajstić information content (AvgIpc) is 2.72. The highest BCUT2D eigenvalue weighted by atomic mass is 32.2. The minimum Gasteiger partial charge on any atom is -0.465 e. The van der Waals surface area contributed by atoms with Crippen LogP contribution in [0, 0.1) is 0 Å². The number of ether oxygens (including phenoxy) is 1. The number of amides is 3. The summed E-state index contributed by atoms with van der Waals surface area (Å²) in [5.74, 6) is -1.04. The summed E-state index contributed by atoms with van der Waals surface area (Å²) in [6.07, 6.45) is 1.64. The molecule has 0 radical (unpaired) electrons. The average molecular weight is 420 g/mol. The molecule has 0 saturated carbocycles. The van der Waals surface area contributed by atoms with Gasteiger partial charge in [0.25, 0.3) is 5.56 Å². The minimum atomic E-state index is -0.673. The zero-order valence-electron chi connectivity index (χ0n) is 16.8. The lowest BCUT2D eigenvalue weighted by molar-refractivity contribution is -0.119. The van der Waals surface area contributed by atoms with E-state index in [0.717, 1.165) is 24.6 Å². The van der Waals surface area contributed by atoms with E-state index < -0.39 is 23.2 Å². The van der Waals surface area contributed by atoms with Gasteiger partial charge in [0, 0.05) is 13.6 Å². The van der Waals surface area contributed by atoms with Crippen LogP contribution in [0.1, 0.15) is 37.0 Å². The number of urea groups is 1. The van der Waals surface area contributed by atoms with Gasteiger partial charge < -0.3 is 10.1 Å². The molecule has 2 aromatic rings. The molecule has 10 heteroatoms. The van der Waals surface area contributed by atoms with Gasteiger partial charge in [0.05, 0.1) is 28.8 Å². The van der Waals surface area contributed by atoms with Crippen LogP contribution in [0.2, 0.25) is 0 Å². The Morgan fingerprint density at radius 3 is 2.66 bits per heavy atom. The molecule has 0 saturated heterocycles. The maximum absolute atomic E-state index is 13.0. The predicted molar refractivity (Wildman–Crippen MR) is 110 cm³/mol. The van der Waals surface area contributed by atoms with Gasteiger partial charge >= 0.3 is 12.0 Å². The highest BCUT2D eigenvalue weighted by Gasteiger charge is 2.21. The van der Waals surface area contributed by atoms with Gasteiger partial charge in [0.15, 0.2) is 5.16 Å². The van der Waals surface area contributed by atoms with E-state index in [1.807, 2.05) is 6.92 Å². The summed E-state index contributed by atoms with van der Waals surface area (Å²) in [4.78, 5) is 52.9. The third-order valence-corrected chi connectivity index (χ3v) is 5.28. The number of nitrogens with zero attached hydrogens (tertiary/aromatic N) is 2. The summed E-state index contributed by atoms with van der Waals surface area (Å²) in [5.41, 5.74) is 0.368. The van der Waals surface area contributed by atoms with Crippen molar-refractivity contribution < 1.29 is 19.1 Å². The first-order valence-electron chi connectivity index (χ1n) is 9.14. The van der Waals surface area contributed by atoms with E-state index in [2.05, 4.69) is 15.6 Å². The van der Waals surface area contributed by atoms with Crippen molar-refractivity contribution in [3.05, 3.63) is 34.1 Å². The summed E-state index contributed by atoms with van der Waals surface area (Å²) in [6, 6.07) is 3.95. The predicted octanol–water partition coefficient (Wildman–Crippen LogP) is 1.92. The Morgan fingerprint density at radius 2 is 2.03 bits per heavy atom. The van der Waals surface area contributed by atoms with Crippen LogP contribution in [-0.4, -0.2) is 46.9 Å². The number of unbranched alkanes of at least 4 members (excludes halogenated alkanes) is 1. The molecule has 0 aliphatic rings. The Morgan fingerprint density at radius 1 is 1.31 bits per heavy atom. The smallest absolute Gasteiger partial charge is 0.337 e. The summed E-state index contributed by atoms with van der Waals surface area (Å²) in [7, 11) is 2.68. The maximum Gasteiger partial charge on any atom is 0.337 e. The van der Waals surface area contributed by atoms with Gasteiger partial charge in [-0.15, -0.1) is 0 Å².